The Morgan fingerprint density at radius 2 is 1.92 bits per heavy atom. The fourth-order valence-electron chi connectivity index (χ4n) is 2.49. The van der Waals surface area contributed by atoms with Gasteiger partial charge in [-0.1, -0.05) is 6.07 Å². The zero-order valence-electron chi connectivity index (χ0n) is 14.9. The molecule has 0 bridgehead atoms. The van der Waals surface area contributed by atoms with E-state index < -0.39 is 11.7 Å². The lowest BCUT2D eigenvalue weighted by Crippen LogP contribution is -2.51. The number of hydrogen-bond acceptors (Lipinski definition) is 5. The zero-order chi connectivity index (χ0) is 17.7. The number of ether oxygens (including phenoxy) is 1. The smallest absolute Gasteiger partial charge is 0.410 e. The van der Waals surface area contributed by atoms with Crippen molar-refractivity contribution in [3.05, 3.63) is 22.4 Å². The van der Waals surface area contributed by atoms with Crippen LogP contribution in [0, 0.1) is 0 Å². The van der Waals surface area contributed by atoms with Crippen LogP contribution in [0.4, 0.5) is 4.79 Å². The largest absolute Gasteiger partial charge is 0.444 e. The molecular weight excluding hydrogens is 326 g/mol. The molecule has 0 saturated carbocycles. The highest BCUT2D eigenvalue weighted by Crippen LogP contribution is 2.14. The van der Waals surface area contributed by atoms with E-state index in [1.54, 1.807) is 18.4 Å². The van der Waals surface area contributed by atoms with Crippen molar-refractivity contribution in [1.29, 1.82) is 0 Å². The number of rotatable bonds is 4. The van der Waals surface area contributed by atoms with Crippen LogP contribution in [0.3, 0.4) is 0 Å². The summed E-state index contributed by atoms with van der Waals surface area (Å²) in [5, 5.41) is 2.08. The van der Waals surface area contributed by atoms with Gasteiger partial charge in [-0.05, 0) is 32.2 Å². The Labute approximate surface area is 148 Å². The average molecular weight is 353 g/mol. The van der Waals surface area contributed by atoms with Crippen molar-refractivity contribution >= 4 is 23.3 Å². The summed E-state index contributed by atoms with van der Waals surface area (Å²) in [5.74, 6) is -0.0286. The second-order valence-corrected chi connectivity index (χ2v) is 8.10. The van der Waals surface area contributed by atoms with Gasteiger partial charge >= 0.3 is 6.09 Å². The summed E-state index contributed by atoms with van der Waals surface area (Å²) in [5.41, 5.74) is -0.554. The van der Waals surface area contributed by atoms with Gasteiger partial charge in [0.25, 0.3) is 0 Å². The first-order chi connectivity index (χ1) is 11.2. The third kappa shape index (κ3) is 5.79. The molecule has 1 aromatic rings. The Bertz CT molecular complexity index is 546. The van der Waals surface area contributed by atoms with Crippen LogP contribution in [0.2, 0.25) is 0 Å². The van der Waals surface area contributed by atoms with Crippen molar-refractivity contribution in [1.82, 2.24) is 14.7 Å². The molecule has 0 radical (unpaired) electrons. The van der Waals surface area contributed by atoms with Crippen LogP contribution in [-0.4, -0.2) is 72.1 Å². The quantitative estimate of drug-likeness (QED) is 0.833. The van der Waals surface area contributed by atoms with Gasteiger partial charge in [0.05, 0.1) is 0 Å². The Morgan fingerprint density at radius 3 is 2.46 bits per heavy atom. The van der Waals surface area contributed by atoms with E-state index >= 15 is 0 Å². The molecule has 1 aromatic heterocycles. The van der Waals surface area contributed by atoms with E-state index in [1.807, 2.05) is 25.7 Å². The monoisotopic (exact) mass is 353 g/mol. The SMILES string of the molecule is CN(CC(=O)N1CCN(Cc2cccs2)CC1)C(=O)OC(C)(C)C. The summed E-state index contributed by atoms with van der Waals surface area (Å²) < 4.78 is 5.27. The van der Waals surface area contributed by atoms with Crippen LogP contribution in [0.25, 0.3) is 0 Å². The van der Waals surface area contributed by atoms with Crippen LogP contribution in [-0.2, 0) is 16.1 Å². The molecule has 2 rings (SSSR count). The van der Waals surface area contributed by atoms with E-state index in [4.69, 9.17) is 4.74 Å². The molecule has 24 heavy (non-hydrogen) atoms. The molecule has 1 aliphatic heterocycles. The van der Waals surface area contributed by atoms with Gasteiger partial charge in [-0.15, -0.1) is 11.3 Å². The molecule has 0 unspecified atom stereocenters. The summed E-state index contributed by atoms with van der Waals surface area (Å²) in [6, 6.07) is 4.20. The van der Waals surface area contributed by atoms with E-state index in [-0.39, 0.29) is 12.5 Å². The van der Waals surface area contributed by atoms with Crippen molar-refractivity contribution in [2.45, 2.75) is 32.9 Å². The third-order valence-corrected chi connectivity index (χ3v) is 4.62. The highest BCUT2D eigenvalue weighted by Gasteiger charge is 2.25. The molecule has 0 spiro atoms. The minimum atomic E-state index is -0.554. The van der Waals surface area contributed by atoms with E-state index in [9.17, 15) is 9.59 Å². The van der Waals surface area contributed by atoms with Gasteiger partial charge in [-0.3, -0.25) is 9.69 Å². The molecule has 0 atom stereocenters. The lowest BCUT2D eigenvalue weighted by atomic mass is 10.2. The van der Waals surface area contributed by atoms with Crippen LogP contribution in [0.1, 0.15) is 25.6 Å². The van der Waals surface area contributed by atoms with Gasteiger partial charge < -0.3 is 14.5 Å². The summed E-state index contributed by atoms with van der Waals surface area (Å²) in [4.78, 5) is 31.2. The van der Waals surface area contributed by atoms with E-state index in [0.29, 0.717) is 13.1 Å². The lowest BCUT2D eigenvalue weighted by molar-refractivity contribution is -0.133. The summed E-state index contributed by atoms with van der Waals surface area (Å²) in [6.45, 7) is 9.56. The second kappa shape index (κ2) is 7.98. The number of amides is 2. The first-order valence-electron chi connectivity index (χ1n) is 8.21. The van der Waals surface area contributed by atoms with Gasteiger partial charge in [0.1, 0.15) is 12.1 Å². The number of carbonyl (C=O) groups is 2. The Kier molecular flexibility index (Phi) is 6.23. The maximum absolute atomic E-state index is 12.4. The van der Waals surface area contributed by atoms with Gasteiger partial charge in [0.2, 0.25) is 5.91 Å². The maximum Gasteiger partial charge on any atom is 0.410 e. The number of nitrogens with zero attached hydrogens (tertiary/aromatic N) is 3. The number of hydrogen-bond donors (Lipinski definition) is 0. The highest BCUT2D eigenvalue weighted by molar-refractivity contribution is 7.09. The van der Waals surface area contributed by atoms with E-state index in [2.05, 4.69) is 22.4 Å². The van der Waals surface area contributed by atoms with Crippen LogP contribution >= 0.6 is 11.3 Å². The number of piperazine rings is 1. The molecule has 2 amide bonds. The molecule has 134 valence electrons. The van der Waals surface area contributed by atoms with Crippen LogP contribution in [0.15, 0.2) is 17.5 Å². The van der Waals surface area contributed by atoms with Crippen molar-refractivity contribution in [3.63, 3.8) is 0 Å². The fraction of sp³-hybridized carbons (Fsp3) is 0.647. The topological polar surface area (TPSA) is 53.1 Å². The Balaban J connectivity index is 1.75. The number of carbonyl (C=O) groups excluding carboxylic acids is 2. The minimum absolute atomic E-state index is 0.0286. The first-order valence-corrected chi connectivity index (χ1v) is 9.09. The molecule has 6 nitrogen and oxygen atoms in total. The van der Waals surface area contributed by atoms with Crippen molar-refractivity contribution in [3.8, 4) is 0 Å². The average Bonchev–Trinajstić information content (AvgIpc) is 2.99. The maximum atomic E-state index is 12.4. The summed E-state index contributed by atoms with van der Waals surface area (Å²) in [6.07, 6.45) is -0.466. The van der Waals surface area contributed by atoms with Gasteiger partial charge in [-0.25, -0.2) is 4.79 Å². The van der Waals surface area contributed by atoms with Crippen molar-refractivity contribution in [2.75, 3.05) is 39.8 Å². The molecular formula is C17H27N3O3S. The lowest BCUT2D eigenvalue weighted by Gasteiger charge is -2.35. The van der Waals surface area contributed by atoms with Gasteiger partial charge in [0, 0.05) is 44.6 Å². The number of thiophene rings is 1. The molecule has 1 saturated heterocycles. The summed E-state index contributed by atoms with van der Waals surface area (Å²) in [7, 11) is 1.60. The molecule has 0 aromatic carbocycles. The molecule has 2 heterocycles. The van der Waals surface area contributed by atoms with Crippen LogP contribution < -0.4 is 0 Å². The third-order valence-electron chi connectivity index (χ3n) is 3.76. The standard InChI is InChI=1S/C17H27N3O3S/c1-17(2,3)23-16(22)18(4)13-15(21)20-9-7-19(8-10-20)12-14-6-5-11-24-14/h5-6,11H,7-10,12-13H2,1-4H3. The molecule has 1 fully saturated rings. The summed E-state index contributed by atoms with van der Waals surface area (Å²) >= 11 is 1.76. The predicted octanol–water partition coefficient (Wildman–Crippen LogP) is 2.26. The van der Waals surface area contributed by atoms with Crippen molar-refractivity contribution in [2.24, 2.45) is 0 Å². The Hall–Kier alpha value is -1.60. The zero-order valence-corrected chi connectivity index (χ0v) is 15.8. The van der Waals surface area contributed by atoms with Crippen molar-refractivity contribution < 1.29 is 14.3 Å². The van der Waals surface area contributed by atoms with Crippen LogP contribution in [0.5, 0.6) is 0 Å². The predicted molar refractivity (Wildman–Crippen MR) is 95.0 cm³/mol. The molecule has 0 N–H and O–H groups in total. The van der Waals surface area contributed by atoms with Gasteiger partial charge in [-0.2, -0.15) is 0 Å². The first kappa shape index (κ1) is 18.7. The molecule has 7 heteroatoms. The minimum Gasteiger partial charge on any atom is -0.444 e. The Morgan fingerprint density at radius 1 is 1.25 bits per heavy atom. The van der Waals surface area contributed by atoms with E-state index in [1.165, 1.54) is 9.78 Å². The van der Waals surface area contributed by atoms with E-state index in [0.717, 1.165) is 19.6 Å². The number of likely N-dealkylation sites (N-methyl/N-ethyl adjacent to an activating group) is 1. The molecule has 0 aliphatic carbocycles. The fourth-order valence-corrected chi connectivity index (χ4v) is 3.23. The molecule has 1 aliphatic rings. The van der Waals surface area contributed by atoms with Gasteiger partial charge in [0.15, 0.2) is 0 Å². The second-order valence-electron chi connectivity index (χ2n) is 7.07. The normalized spacial score (nSPS) is 16.1. The highest BCUT2D eigenvalue weighted by atomic mass is 32.1.